The Morgan fingerprint density at radius 3 is 2.50 bits per heavy atom. The van der Waals surface area contributed by atoms with Crippen LogP contribution in [0.3, 0.4) is 0 Å². The Morgan fingerprint density at radius 1 is 1.20 bits per heavy atom. The summed E-state index contributed by atoms with van der Waals surface area (Å²) in [6.07, 6.45) is 1.08. The number of hydrogen-bond acceptors (Lipinski definition) is 2. The van der Waals surface area contributed by atoms with E-state index in [0.717, 1.165) is 11.8 Å². The third kappa shape index (κ3) is 2.66. The van der Waals surface area contributed by atoms with E-state index in [1.165, 1.54) is 11.0 Å². The molecule has 5 heteroatoms. The van der Waals surface area contributed by atoms with Crippen molar-refractivity contribution in [3.8, 4) is 0 Å². The van der Waals surface area contributed by atoms with E-state index < -0.39 is 17.7 Å². The van der Waals surface area contributed by atoms with Gasteiger partial charge in [-0.1, -0.05) is 30.3 Å². The third-order valence-corrected chi connectivity index (χ3v) is 3.26. The normalized spacial score (nSPS) is 12.0. The number of aromatic nitrogens is 1. The summed E-state index contributed by atoms with van der Waals surface area (Å²) < 4.78 is 26.7. The Balaban J connectivity index is 2.27. The summed E-state index contributed by atoms with van der Waals surface area (Å²) in [6.45, 7) is 1.82. The first-order valence-electron chi connectivity index (χ1n) is 6.14. The van der Waals surface area contributed by atoms with Crippen molar-refractivity contribution in [3.05, 3.63) is 65.5 Å². The van der Waals surface area contributed by atoms with Crippen molar-refractivity contribution in [2.45, 2.75) is 13.0 Å². The number of rotatable bonds is 3. The highest BCUT2D eigenvalue weighted by molar-refractivity contribution is 5.94. The van der Waals surface area contributed by atoms with Gasteiger partial charge in [-0.05, 0) is 18.6 Å². The van der Waals surface area contributed by atoms with Crippen molar-refractivity contribution in [3.63, 3.8) is 0 Å². The molecule has 1 amide bonds. The molecule has 1 aromatic heterocycles. The highest BCUT2D eigenvalue weighted by Crippen LogP contribution is 2.21. The molecular weight excluding hydrogens is 262 g/mol. The van der Waals surface area contributed by atoms with E-state index in [9.17, 15) is 13.6 Å². The standard InChI is InChI=1S/C15H14F2N2O/c1-10(11-6-4-3-5-7-11)19(2)15(20)12-8-9-18-14(17)13(12)16/h3-10H,1-2H3. The summed E-state index contributed by atoms with van der Waals surface area (Å²) in [5, 5.41) is 0. The van der Waals surface area contributed by atoms with Gasteiger partial charge in [-0.3, -0.25) is 4.79 Å². The van der Waals surface area contributed by atoms with Gasteiger partial charge in [0.05, 0.1) is 11.6 Å². The second-order valence-electron chi connectivity index (χ2n) is 4.47. The molecular formula is C15H14F2N2O. The fraction of sp³-hybridized carbons (Fsp3) is 0.200. The maximum Gasteiger partial charge on any atom is 0.257 e. The van der Waals surface area contributed by atoms with E-state index >= 15 is 0 Å². The predicted molar refractivity (Wildman–Crippen MR) is 71.1 cm³/mol. The van der Waals surface area contributed by atoms with Crippen LogP contribution in [0.1, 0.15) is 28.9 Å². The number of nitrogens with zero attached hydrogens (tertiary/aromatic N) is 2. The Hall–Kier alpha value is -2.30. The van der Waals surface area contributed by atoms with Crippen LogP contribution in [0.25, 0.3) is 0 Å². The van der Waals surface area contributed by atoms with Crippen LogP contribution in [0.5, 0.6) is 0 Å². The van der Waals surface area contributed by atoms with Crippen molar-refractivity contribution >= 4 is 5.91 Å². The molecule has 1 aromatic carbocycles. The molecule has 104 valence electrons. The number of carbonyl (C=O) groups excluding carboxylic acids is 1. The van der Waals surface area contributed by atoms with Gasteiger partial charge in [-0.25, -0.2) is 9.37 Å². The van der Waals surface area contributed by atoms with Gasteiger partial charge in [-0.15, -0.1) is 0 Å². The van der Waals surface area contributed by atoms with Crippen molar-refractivity contribution in [2.75, 3.05) is 7.05 Å². The van der Waals surface area contributed by atoms with Gasteiger partial charge in [0, 0.05) is 13.2 Å². The lowest BCUT2D eigenvalue weighted by molar-refractivity contribution is 0.0736. The summed E-state index contributed by atoms with van der Waals surface area (Å²) in [5.74, 6) is -3.07. The number of amides is 1. The summed E-state index contributed by atoms with van der Waals surface area (Å²) in [7, 11) is 1.55. The fourth-order valence-electron chi connectivity index (χ4n) is 1.90. The first-order chi connectivity index (χ1) is 9.52. The van der Waals surface area contributed by atoms with Crippen molar-refractivity contribution < 1.29 is 13.6 Å². The van der Waals surface area contributed by atoms with Crippen LogP contribution in [0, 0.1) is 11.8 Å². The highest BCUT2D eigenvalue weighted by Gasteiger charge is 2.23. The van der Waals surface area contributed by atoms with Crippen LogP contribution in [-0.4, -0.2) is 22.8 Å². The molecule has 0 bridgehead atoms. The van der Waals surface area contributed by atoms with Gasteiger partial charge in [0.2, 0.25) is 5.95 Å². The van der Waals surface area contributed by atoms with Crippen LogP contribution in [0.15, 0.2) is 42.6 Å². The first-order valence-corrected chi connectivity index (χ1v) is 6.14. The van der Waals surface area contributed by atoms with Crippen molar-refractivity contribution in [2.24, 2.45) is 0 Å². The topological polar surface area (TPSA) is 33.2 Å². The lowest BCUT2D eigenvalue weighted by Crippen LogP contribution is -2.30. The van der Waals surface area contributed by atoms with Crippen molar-refractivity contribution in [1.82, 2.24) is 9.88 Å². The second-order valence-corrected chi connectivity index (χ2v) is 4.47. The monoisotopic (exact) mass is 276 g/mol. The SMILES string of the molecule is CC(c1ccccc1)N(C)C(=O)c1ccnc(F)c1F. The molecule has 2 rings (SSSR count). The number of benzene rings is 1. The zero-order valence-electron chi connectivity index (χ0n) is 11.2. The minimum atomic E-state index is -1.27. The van der Waals surface area contributed by atoms with Crippen molar-refractivity contribution in [1.29, 1.82) is 0 Å². The van der Waals surface area contributed by atoms with Gasteiger partial charge in [0.1, 0.15) is 0 Å². The third-order valence-electron chi connectivity index (χ3n) is 3.26. The molecule has 0 saturated carbocycles. The molecule has 1 unspecified atom stereocenters. The van der Waals surface area contributed by atoms with Crippen LogP contribution in [-0.2, 0) is 0 Å². The largest absolute Gasteiger partial charge is 0.335 e. The molecule has 2 aromatic rings. The van der Waals surface area contributed by atoms with Crippen LogP contribution < -0.4 is 0 Å². The van der Waals surface area contributed by atoms with Crippen LogP contribution in [0.2, 0.25) is 0 Å². The Kier molecular flexibility index (Phi) is 4.08. The average molecular weight is 276 g/mol. The molecule has 0 saturated heterocycles. The zero-order chi connectivity index (χ0) is 14.7. The molecule has 1 heterocycles. The number of carbonyl (C=O) groups is 1. The molecule has 0 N–H and O–H groups in total. The van der Waals surface area contributed by atoms with E-state index in [1.807, 2.05) is 37.3 Å². The molecule has 0 aliphatic carbocycles. The smallest absolute Gasteiger partial charge is 0.257 e. The van der Waals surface area contributed by atoms with Gasteiger partial charge in [0.15, 0.2) is 5.82 Å². The number of hydrogen-bond donors (Lipinski definition) is 0. The lowest BCUT2D eigenvalue weighted by Gasteiger charge is -2.25. The highest BCUT2D eigenvalue weighted by atomic mass is 19.2. The van der Waals surface area contributed by atoms with E-state index in [4.69, 9.17) is 0 Å². The molecule has 0 spiro atoms. The minimum Gasteiger partial charge on any atom is -0.335 e. The molecule has 3 nitrogen and oxygen atoms in total. The van der Waals surface area contributed by atoms with Crippen LogP contribution in [0.4, 0.5) is 8.78 Å². The Bertz CT molecular complexity index is 617. The van der Waals surface area contributed by atoms with E-state index in [-0.39, 0.29) is 11.6 Å². The molecule has 1 atom stereocenters. The molecule has 0 radical (unpaired) electrons. The van der Waals surface area contributed by atoms with Gasteiger partial charge >= 0.3 is 0 Å². The van der Waals surface area contributed by atoms with Gasteiger partial charge in [0.25, 0.3) is 5.91 Å². The van der Waals surface area contributed by atoms with Gasteiger partial charge < -0.3 is 4.90 Å². The first kappa shape index (κ1) is 14.1. The van der Waals surface area contributed by atoms with E-state index in [1.54, 1.807) is 7.05 Å². The molecule has 20 heavy (non-hydrogen) atoms. The Morgan fingerprint density at radius 2 is 1.85 bits per heavy atom. The second kappa shape index (κ2) is 5.77. The minimum absolute atomic E-state index is 0.251. The van der Waals surface area contributed by atoms with E-state index in [2.05, 4.69) is 4.98 Å². The molecule has 0 fully saturated rings. The fourth-order valence-corrected chi connectivity index (χ4v) is 1.90. The zero-order valence-corrected chi connectivity index (χ0v) is 11.2. The van der Waals surface area contributed by atoms with Gasteiger partial charge in [-0.2, -0.15) is 4.39 Å². The van der Waals surface area contributed by atoms with Crippen LogP contribution >= 0.6 is 0 Å². The summed E-state index contributed by atoms with van der Waals surface area (Å²) in [5.41, 5.74) is 0.598. The number of halogens is 2. The van der Waals surface area contributed by atoms with E-state index in [0.29, 0.717) is 0 Å². The summed E-state index contributed by atoms with van der Waals surface area (Å²) >= 11 is 0. The predicted octanol–water partition coefficient (Wildman–Crippen LogP) is 3.19. The lowest BCUT2D eigenvalue weighted by atomic mass is 10.1. The maximum absolute atomic E-state index is 13.6. The average Bonchev–Trinajstić information content (AvgIpc) is 2.48. The maximum atomic E-state index is 13.6. The summed E-state index contributed by atoms with van der Waals surface area (Å²) in [4.78, 5) is 16.8. The Labute approximate surface area is 115 Å². The summed E-state index contributed by atoms with van der Waals surface area (Å²) in [6, 6.07) is 10.3. The molecule has 0 aliphatic heterocycles. The number of pyridine rings is 1. The quantitative estimate of drug-likeness (QED) is 0.807. The molecule has 0 aliphatic rings.